The summed E-state index contributed by atoms with van der Waals surface area (Å²) >= 11 is 6.05. The van der Waals surface area contributed by atoms with Crippen LogP contribution in [0.15, 0.2) is 46.9 Å². The van der Waals surface area contributed by atoms with Gasteiger partial charge in [-0.1, -0.05) is 23.7 Å². The average molecular weight is 417 g/mol. The van der Waals surface area contributed by atoms with Crippen LogP contribution in [0, 0.1) is 6.92 Å². The van der Waals surface area contributed by atoms with E-state index in [1.54, 1.807) is 49.4 Å². The average Bonchev–Trinajstić information content (AvgIpc) is 3.05. The number of carbonyl (C=O) groups is 3. The third-order valence-corrected chi connectivity index (χ3v) is 4.33. The third kappa shape index (κ3) is 4.67. The Morgan fingerprint density at radius 3 is 2.48 bits per heavy atom. The normalized spacial score (nSPS) is 10.4. The van der Waals surface area contributed by atoms with E-state index in [9.17, 15) is 14.4 Å². The molecule has 9 heteroatoms. The molecule has 0 fully saturated rings. The zero-order valence-corrected chi connectivity index (χ0v) is 16.3. The molecule has 0 aliphatic rings. The molecule has 3 amide bonds. The van der Waals surface area contributed by atoms with Crippen LogP contribution in [-0.4, -0.2) is 31.6 Å². The SMILES string of the molecule is COc1ccc(NC(=O)NC(=O)COC(=O)c2oc3c(Cl)cccc3c2C)cc1. The zero-order valence-electron chi connectivity index (χ0n) is 15.6. The van der Waals surface area contributed by atoms with Gasteiger partial charge in [0.25, 0.3) is 5.91 Å². The number of fused-ring (bicyclic) bond motifs is 1. The topological polar surface area (TPSA) is 107 Å². The maximum atomic E-state index is 12.2. The molecule has 0 aliphatic heterocycles. The summed E-state index contributed by atoms with van der Waals surface area (Å²) in [6, 6.07) is 10.9. The minimum Gasteiger partial charge on any atom is -0.497 e. The summed E-state index contributed by atoms with van der Waals surface area (Å²) in [6.45, 7) is 1.03. The van der Waals surface area contributed by atoms with Crippen LogP contribution in [0.4, 0.5) is 10.5 Å². The lowest BCUT2D eigenvalue weighted by Gasteiger charge is -2.08. The molecule has 150 valence electrons. The van der Waals surface area contributed by atoms with Gasteiger partial charge in [-0.25, -0.2) is 9.59 Å². The van der Waals surface area contributed by atoms with Crippen LogP contribution in [-0.2, 0) is 9.53 Å². The highest BCUT2D eigenvalue weighted by Crippen LogP contribution is 2.30. The standard InChI is InChI=1S/C20H17ClN2O6/c1-11-14-4-3-5-15(21)18(14)29-17(11)19(25)28-10-16(24)23-20(26)22-12-6-8-13(27-2)9-7-12/h3-9H,10H2,1-2H3,(H2,22,23,24,26). The monoisotopic (exact) mass is 416 g/mol. The zero-order chi connectivity index (χ0) is 21.0. The van der Waals surface area contributed by atoms with Crippen molar-refractivity contribution in [3.8, 4) is 5.75 Å². The van der Waals surface area contributed by atoms with Crippen LogP contribution >= 0.6 is 11.6 Å². The first-order valence-corrected chi connectivity index (χ1v) is 8.86. The van der Waals surface area contributed by atoms with Crippen LogP contribution in [0.1, 0.15) is 16.1 Å². The summed E-state index contributed by atoms with van der Waals surface area (Å²) in [7, 11) is 1.52. The Kier molecular flexibility index (Phi) is 6.04. The Bertz CT molecular complexity index is 1070. The van der Waals surface area contributed by atoms with Crippen molar-refractivity contribution < 1.29 is 28.3 Å². The highest BCUT2D eigenvalue weighted by molar-refractivity contribution is 6.35. The number of methoxy groups -OCH3 is 1. The van der Waals surface area contributed by atoms with E-state index in [1.165, 1.54) is 7.11 Å². The summed E-state index contributed by atoms with van der Waals surface area (Å²) in [4.78, 5) is 36.0. The first kappa shape index (κ1) is 20.2. The molecule has 0 atom stereocenters. The summed E-state index contributed by atoms with van der Waals surface area (Å²) < 4.78 is 15.4. The fraction of sp³-hybridized carbons (Fsp3) is 0.150. The Hall–Kier alpha value is -3.52. The molecule has 0 spiro atoms. The molecule has 0 radical (unpaired) electrons. The lowest BCUT2D eigenvalue weighted by Crippen LogP contribution is -2.37. The second kappa shape index (κ2) is 8.66. The number of imide groups is 1. The van der Waals surface area contributed by atoms with E-state index >= 15 is 0 Å². The second-order valence-electron chi connectivity index (χ2n) is 5.98. The van der Waals surface area contributed by atoms with Gasteiger partial charge in [-0.2, -0.15) is 0 Å². The molecule has 29 heavy (non-hydrogen) atoms. The quantitative estimate of drug-likeness (QED) is 0.611. The van der Waals surface area contributed by atoms with Crippen molar-refractivity contribution in [2.75, 3.05) is 19.0 Å². The van der Waals surface area contributed by atoms with Crippen LogP contribution in [0.25, 0.3) is 11.0 Å². The molecule has 1 aromatic heterocycles. The van der Waals surface area contributed by atoms with Crippen LogP contribution in [0.2, 0.25) is 5.02 Å². The Labute approximate surface area is 170 Å². The Balaban J connectivity index is 1.54. The highest BCUT2D eigenvalue weighted by Gasteiger charge is 2.21. The molecule has 2 N–H and O–H groups in total. The van der Waals surface area contributed by atoms with Gasteiger partial charge in [0.2, 0.25) is 5.76 Å². The number of hydrogen-bond acceptors (Lipinski definition) is 6. The maximum Gasteiger partial charge on any atom is 0.375 e. The highest BCUT2D eigenvalue weighted by atomic mass is 35.5. The largest absolute Gasteiger partial charge is 0.497 e. The van der Waals surface area contributed by atoms with Crippen molar-refractivity contribution in [3.05, 3.63) is 58.8 Å². The van der Waals surface area contributed by atoms with Gasteiger partial charge in [-0.15, -0.1) is 0 Å². The van der Waals surface area contributed by atoms with Crippen molar-refractivity contribution in [1.29, 1.82) is 0 Å². The predicted octanol–water partition coefficient (Wildman–Crippen LogP) is 3.91. The number of amides is 3. The number of halogens is 1. The van der Waals surface area contributed by atoms with Gasteiger partial charge >= 0.3 is 12.0 Å². The first-order valence-electron chi connectivity index (χ1n) is 8.48. The lowest BCUT2D eigenvalue weighted by molar-refractivity contribution is -0.123. The number of anilines is 1. The van der Waals surface area contributed by atoms with E-state index < -0.39 is 24.5 Å². The van der Waals surface area contributed by atoms with Crippen LogP contribution in [0.3, 0.4) is 0 Å². The Morgan fingerprint density at radius 1 is 1.10 bits per heavy atom. The number of esters is 1. The molecule has 0 saturated carbocycles. The van der Waals surface area contributed by atoms with Crippen molar-refractivity contribution in [3.63, 3.8) is 0 Å². The van der Waals surface area contributed by atoms with E-state index in [0.29, 0.717) is 33.0 Å². The molecule has 0 saturated heterocycles. The molecule has 2 aromatic carbocycles. The van der Waals surface area contributed by atoms with E-state index in [4.69, 9.17) is 25.5 Å². The number of urea groups is 1. The number of para-hydroxylation sites is 1. The number of rotatable bonds is 5. The second-order valence-corrected chi connectivity index (χ2v) is 6.39. The molecule has 8 nitrogen and oxygen atoms in total. The summed E-state index contributed by atoms with van der Waals surface area (Å²) in [5.74, 6) is -1.05. The fourth-order valence-electron chi connectivity index (χ4n) is 2.60. The lowest BCUT2D eigenvalue weighted by atomic mass is 10.1. The summed E-state index contributed by atoms with van der Waals surface area (Å²) in [5.41, 5.74) is 1.37. The molecular formula is C20H17ClN2O6. The van der Waals surface area contributed by atoms with Gasteiger partial charge in [0.05, 0.1) is 12.1 Å². The molecule has 3 rings (SSSR count). The van der Waals surface area contributed by atoms with Crippen molar-refractivity contribution in [2.24, 2.45) is 0 Å². The minimum absolute atomic E-state index is 0.0522. The molecule has 1 heterocycles. The van der Waals surface area contributed by atoms with E-state index in [1.807, 2.05) is 0 Å². The smallest absolute Gasteiger partial charge is 0.375 e. The maximum absolute atomic E-state index is 12.2. The number of aryl methyl sites for hydroxylation is 1. The van der Waals surface area contributed by atoms with E-state index in [0.717, 1.165) is 0 Å². The fourth-order valence-corrected chi connectivity index (χ4v) is 2.81. The molecular weight excluding hydrogens is 400 g/mol. The van der Waals surface area contributed by atoms with E-state index in [-0.39, 0.29) is 5.76 Å². The molecule has 0 bridgehead atoms. The van der Waals surface area contributed by atoms with Gasteiger partial charge in [0, 0.05) is 16.6 Å². The van der Waals surface area contributed by atoms with Gasteiger partial charge in [-0.3, -0.25) is 10.1 Å². The number of benzene rings is 2. The molecule has 3 aromatic rings. The first-order chi connectivity index (χ1) is 13.9. The predicted molar refractivity (Wildman–Crippen MR) is 106 cm³/mol. The Morgan fingerprint density at radius 2 is 1.83 bits per heavy atom. The molecule has 0 unspecified atom stereocenters. The van der Waals surface area contributed by atoms with Crippen molar-refractivity contribution >= 4 is 46.2 Å². The van der Waals surface area contributed by atoms with Gasteiger partial charge in [-0.05, 0) is 37.3 Å². The van der Waals surface area contributed by atoms with Crippen LogP contribution in [0.5, 0.6) is 5.75 Å². The number of nitrogens with one attached hydrogen (secondary N) is 2. The number of hydrogen-bond donors (Lipinski definition) is 2. The van der Waals surface area contributed by atoms with Crippen molar-refractivity contribution in [1.82, 2.24) is 5.32 Å². The number of carbonyl (C=O) groups excluding carboxylic acids is 3. The molecule has 0 aliphatic carbocycles. The third-order valence-electron chi connectivity index (χ3n) is 4.04. The summed E-state index contributed by atoms with van der Waals surface area (Å²) in [6.07, 6.45) is 0. The minimum atomic E-state index is -0.833. The van der Waals surface area contributed by atoms with Gasteiger partial charge in [0.1, 0.15) is 5.75 Å². The van der Waals surface area contributed by atoms with Crippen LogP contribution < -0.4 is 15.4 Å². The van der Waals surface area contributed by atoms with Gasteiger partial charge in [0.15, 0.2) is 12.2 Å². The number of furan rings is 1. The summed E-state index contributed by atoms with van der Waals surface area (Å²) in [5, 5.41) is 5.57. The number of ether oxygens (including phenoxy) is 2. The van der Waals surface area contributed by atoms with E-state index in [2.05, 4.69) is 10.6 Å². The van der Waals surface area contributed by atoms with Crippen molar-refractivity contribution in [2.45, 2.75) is 6.92 Å². The van der Waals surface area contributed by atoms with Gasteiger partial charge < -0.3 is 19.2 Å².